The first-order valence-corrected chi connectivity index (χ1v) is 11.2. The molecule has 0 saturated carbocycles. The van der Waals surface area contributed by atoms with Gasteiger partial charge in [0.25, 0.3) is 0 Å². The van der Waals surface area contributed by atoms with Crippen LogP contribution in [0.4, 0.5) is 10.5 Å². The van der Waals surface area contributed by atoms with Crippen molar-refractivity contribution in [3.63, 3.8) is 0 Å². The van der Waals surface area contributed by atoms with Crippen LogP contribution in [0.2, 0.25) is 0 Å². The fourth-order valence-electron chi connectivity index (χ4n) is 3.96. The highest BCUT2D eigenvalue weighted by Gasteiger charge is 2.19. The van der Waals surface area contributed by atoms with Crippen molar-refractivity contribution in [2.45, 2.75) is 32.2 Å². The van der Waals surface area contributed by atoms with Crippen molar-refractivity contribution in [2.75, 3.05) is 24.5 Å². The van der Waals surface area contributed by atoms with Crippen LogP contribution in [0.25, 0.3) is 10.1 Å². The van der Waals surface area contributed by atoms with Crippen LogP contribution in [-0.4, -0.2) is 30.6 Å². The van der Waals surface area contributed by atoms with Gasteiger partial charge < -0.3 is 15.5 Å². The number of nitrogens with one attached hydrogen (secondary N) is 2. The number of fused-ring (bicyclic) bond motifs is 1. The number of hydrogen-bond donors (Lipinski definition) is 2. The summed E-state index contributed by atoms with van der Waals surface area (Å²) in [6, 6.07) is 14.6. The molecule has 4 rings (SSSR count). The minimum atomic E-state index is -0.0795. The number of piperidine rings is 1. The lowest BCUT2D eigenvalue weighted by atomic mass is 9.93. The molecule has 1 unspecified atom stereocenters. The average Bonchev–Trinajstić information content (AvgIpc) is 3.19. The summed E-state index contributed by atoms with van der Waals surface area (Å²) in [5.74, 6) is 0.674. The van der Waals surface area contributed by atoms with E-state index in [1.54, 1.807) is 11.3 Å². The number of rotatable bonds is 6. The van der Waals surface area contributed by atoms with Gasteiger partial charge in [-0.1, -0.05) is 18.2 Å². The minimum Gasteiger partial charge on any atom is -0.371 e. The molecule has 3 aromatic rings. The van der Waals surface area contributed by atoms with Gasteiger partial charge in [-0.15, -0.1) is 11.3 Å². The molecule has 2 N–H and O–H groups in total. The molecule has 2 amide bonds. The molecule has 1 atom stereocenters. The van der Waals surface area contributed by atoms with Crippen molar-refractivity contribution in [3.8, 4) is 0 Å². The van der Waals surface area contributed by atoms with Crippen molar-refractivity contribution in [1.29, 1.82) is 0 Å². The number of aromatic nitrogens is 1. The zero-order chi connectivity index (χ0) is 20.1. The van der Waals surface area contributed by atoms with Crippen LogP contribution < -0.4 is 15.5 Å². The van der Waals surface area contributed by atoms with Crippen LogP contribution in [-0.2, 0) is 0 Å². The van der Waals surface area contributed by atoms with E-state index in [9.17, 15) is 4.79 Å². The van der Waals surface area contributed by atoms with Gasteiger partial charge in [0, 0.05) is 47.3 Å². The van der Waals surface area contributed by atoms with Gasteiger partial charge in [0.1, 0.15) is 0 Å². The summed E-state index contributed by atoms with van der Waals surface area (Å²) in [4.78, 5) is 20.0. The van der Waals surface area contributed by atoms with Gasteiger partial charge >= 0.3 is 6.03 Å². The number of anilines is 1. The Bertz CT molecular complexity index is 901. The molecule has 1 aliphatic rings. The first kappa shape index (κ1) is 19.7. The van der Waals surface area contributed by atoms with E-state index in [1.807, 2.05) is 25.4 Å². The molecular weight excluding hydrogens is 380 g/mol. The Labute approximate surface area is 176 Å². The highest BCUT2D eigenvalue weighted by Crippen LogP contribution is 2.29. The van der Waals surface area contributed by atoms with Crippen LogP contribution >= 0.6 is 11.3 Å². The predicted octanol–water partition coefficient (Wildman–Crippen LogP) is 4.96. The van der Waals surface area contributed by atoms with Gasteiger partial charge in [0.05, 0.1) is 6.04 Å². The van der Waals surface area contributed by atoms with Gasteiger partial charge in [-0.05, 0) is 61.8 Å². The van der Waals surface area contributed by atoms with Crippen molar-refractivity contribution < 1.29 is 4.79 Å². The van der Waals surface area contributed by atoms with E-state index in [0.29, 0.717) is 5.92 Å². The Morgan fingerprint density at radius 1 is 1.21 bits per heavy atom. The molecule has 5 nitrogen and oxygen atoms in total. The lowest BCUT2D eigenvalue weighted by molar-refractivity contribution is 0.236. The quantitative estimate of drug-likeness (QED) is 0.606. The number of pyridine rings is 1. The second-order valence-electron chi connectivity index (χ2n) is 7.73. The number of benzene rings is 1. The van der Waals surface area contributed by atoms with Crippen molar-refractivity contribution in [3.05, 3.63) is 59.7 Å². The molecule has 0 bridgehead atoms. The number of thiophene rings is 1. The third kappa shape index (κ3) is 5.07. The molecule has 3 heterocycles. The fourth-order valence-corrected chi connectivity index (χ4v) is 5.03. The Morgan fingerprint density at radius 2 is 1.97 bits per heavy atom. The Morgan fingerprint density at radius 3 is 2.72 bits per heavy atom. The standard InChI is InChI=1S/C23H28N4OS/c1-17(22-16-19-4-2-3-5-21(19)29-22)26-23(28)25-13-6-18-9-14-27(15-10-18)20-7-11-24-12-8-20/h2-5,7-8,11-12,16-18H,6,9-10,13-15H2,1H3,(H2,25,26,28). The first-order valence-electron chi connectivity index (χ1n) is 10.4. The fraction of sp³-hybridized carbons (Fsp3) is 0.391. The lowest BCUT2D eigenvalue weighted by Gasteiger charge is -2.33. The van der Waals surface area contributed by atoms with E-state index in [1.165, 1.54) is 33.5 Å². The number of hydrogen-bond acceptors (Lipinski definition) is 4. The second kappa shape index (κ2) is 9.27. The summed E-state index contributed by atoms with van der Waals surface area (Å²) >= 11 is 1.74. The summed E-state index contributed by atoms with van der Waals surface area (Å²) in [7, 11) is 0. The van der Waals surface area contributed by atoms with Gasteiger partial charge in [-0.25, -0.2) is 4.79 Å². The van der Waals surface area contributed by atoms with E-state index in [4.69, 9.17) is 0 Å². The maximum atomic E-state index is 12.3. The molecule has 2 aromatic heterocycles. The Hall–Kier alpha value is -2.60. The molecule has 1 aliphatic heterocycles. The van der Waals surface area contributed by atoms with E-state index >= 15 is 0 Å². The molecule has 6 heteroatoms. The van der Waals surface area contributed by atoms with E-state index in [-0.39, 0.29) is 12.1 Å². The lowest BCUT2D eigenvalue weighted by Crippen LogP contribution is -2.39. The first-order chi connectivity index (χ1) is 14.2. The number of carbonyl (C=O) groups excluding carboxylic acids is 1. The maximum Gasteiger partial charge on any atom is 0.315 e. The topological polar surface area (TPSA) is 57.3 Å². The molecule has 0 radical (unpaired) electrons. The number of carbonyl (C=O) groups is 1. The molecule has 1 aromatic carbocycles. The normalized spacial score (nSPS) is 16.0. The van der Waals surface area contributed by atoms with Crippen LogP contribution in [0.15, 0.2) is 54.9 Å². The van der Waals surface area contributed by atoms with Gasteiger partial charge in [0.15, 0.2) is 0 Å². The van der Waals surface area contributed by atoms with Crippen molar-refractivity contribution in [1.82, 2.24) is 15.6 Å². The molecular formula is C23H28N4OS. The minimum absolute atomic E-state index is 0.0102. The zero-order valence-corrected chi connectivity index (χ0v) is 17.6. The van der Waals surface area contributed by atoms with Crippen molar-refractivity contribution in [2.24, 2.45) is 5.92 Å². The van der Waals surface area contributed by atoms with Crippen LogP contribution in [0.5, 0.6) is 0 Å². The summed E-state index contributed by atoms with van der Waals surface area (Å²) in [5, 5.41) is 7.35. The van der Waals surface area contributed by atoms with Crippen LogP contribution in [0, 0.1) is 5.92 Å². The smallest absolute Gasteiger partial charge is 0.315 e. The Balaban J connectivity index is 1.17. The molecule has 0 spiro atoms. The summed E-state index contributed by atoms with van der Waals surface area (Å²) < 4.78 is 1.26. The monoisotopic (exact) mass is 408 g/mol. The third-order valence-corrected chi connectivity index (χ3v) is 7.00. The number of nitrogens with zero attached hydrogens (tertiary/aromatic N) is 2. The molecule has 29 heavy (non-hydrogen) atoms. The molecule has 0 aliphatic carbocycles. The van der Waals surface area contributed by atoms with Crippen LogP contribution in [0.1, 0.15) is 37.1 Å². The van der Waals surface area contributed by atoms with Gasteiger partial charge in [-0.2, -0.15) is 0 Å². The summed E-state index contributed by atoms with van der Waals surface area (Å²) in [6.07, 6.45) is 7.08. The predicted molar refractivity (Wildman–Crippen MR) is 121 cm³/mol. The maximum absolute atomic E-state index is 12.3. The number of urea groups is 1. The SMILES string of the molecule is CC(NC(=O)NCCC1CCN(c2ccncc2)CC1)c1cc2ccccc2s1. The summed E-state index contributed by atoms with van der Waals surface area (Å²) in [5.41, 5.74) is 1.26. The second-order valence-corrected chi connectivity index (χ2v) is 8.85. The average molecular weight is 409 g/mol. The highest BCUT2D eigenvalue weighted by atomic mass is 32.1. The van der Waals surface area contributed by atoms with E-state index in [0.717, 1.165) is 26.1 Å². The van der Waals surface area contributed by atoms with Crippen molar-refractivity contribution >= 4 is 33.1 Å². The molecule has 152 valence electrons. The molecule has 1 saturated heterocycles. The Kier molecular flexibility index (Phi) is 6.30. The van der Waals surface area contributed by atoms with Gasteiger partial charge in [-0.3, -0.25) is 4.98 Å². The number of amides is 2. The highest BCUT2D eigenvalue weighted by molar-refractivity contribution is 7.19. The van der Waals surface area contributed by atoms with Crippen LogP contribution in [0.3, 0.4) is 0 Å². The van der Waals surface area contributed by atoms with Gasteiger partial charge in [0.2, 0.25) is 0 Å². The molecule has 1 fully saturated rings. The third-order valence-electron chi connectivity index (χ3n) is 5.70. The zero-order valence-electron chi connectivity index (χ0n) is 16.8. The largest absolute Gasteiger partial charge is 0.371 e. The van der Waals surface area contributed by atoms with E-state index in [2.05, 4.69) is 56.9 Å². The summed E-state index contributed by atoms with van der Waals surface area (Å²) in [6.45, 7) is 4.91. The van der Waals surface area contributed by atoms with E-state index < -0.39 is 0 Å².